The molecule has 2 aromatic rings. The molecule has 0 atom stereocenters. The number of anilines is 2. The van der Waals surface area contributed by atoms with Crippen LogP contribution >= 0.6 is 0 Å². The molecule has 2 rings (SSSR count). The van der Waals surface area contributed by atoms with E-state index >= 15 is 0 Å². The molecular formula is C16H20N4O3. The summed E-state index contributed by atoms with van der Waals surface area (Å²) in [4.78, 5) is 0. The van der Waals surface area contributed by atoms with Gasteiger partial charge in [-0.2, -0.15) is 5.11 Å². The van der Waals surface area contributed by atoms with Crippen molar-refractivity contribution in [1.82, 2.24) is 0 Å². The van der Waals surface area contributed by atoms with Gasteiger partial charge in [0.25, 0.3) is 0 Å². The molecule has 0 unspecified atom stereocenters. The van der Waals surface area contributed by atoms with Crippen molar-refractivity contribution in [2.45, 2.75) is 6.92 Å². The van der Waals surface area contributed by atoms with Crippen LogP contribution in [-0.2, 0) is 0 Å². The first-order valence-corrected chi connectivity index (χ1v) is 7.05. The largest absolute Gasteiger partial charge is 0.495 e. The molecule has 0 fully saturated rings. The van der Waals surface area contributed by atoms with Crippen molar-refractivity contribution in [3.05, 3.63) is 30.3 Å². The molecule has 0 radical (unpaired) electrons. The monoisotopic (exact) mass is 316 g/mol. The van der Waals surface area contributed by atoms with Gasteiger partial charge in [0.2, 0.25) is 0 Å². The minimum absolute atomic E-state index is 0.443. The predicted molar refractivity (Wildman–Crippen MR) is 90.2 cm³/mol. The minimum atomic E-state index is 0.443. The number of nitrogen functional groups attached to an aromatic ring is 2. The number of hydrogen-bond acceptors (Lipinski definition) is 7. The summed E-state index contributed by atoms with van der Waals surface area (Å²) in [5.74, 6) is 1.45. The van der Waals surface area contributed by atoms with Gasteiger partial charge < -0.3 is 25.7 Å². The van der Waals surface area contributed by atoms with Crippen LogP contribution in [0.15, 0.2) is 40.6 Å². The second kappa shape index (κ2) is 7.35. The van der Waals surface area contributed by atoms with Gasteiger partial charge in [0.05, 0.1) is 37.9 Å². The van der Waals surface area contributed by atoms with Crippen LogP contribution in [0.4, 0.5) is 22.7 Å². The maximum Gasteiger partial charge on any atom is 0.190 e. The molecule has 23 heavy (non-hydrogen) atoms. The van der Waals surface area contributed by atoms with Crippen LogP contribution < -0.4 is 25.7 Å². The Kier molecular flexibility index (Phi) is 5.24. The number of methoxy groups -OCH3 is 2. The Morgan fingerprint density at radius 3 is 2.30 bits per heavy atom. The fraction of sp³-hybridized carbons (Fsp3) is 0.250. The molecule has 7 heteroatoms. The Balaban J connectivity index is 2.39. The van der Waals surface area contributed by atoms with Gasteiger partial charge in [0.1, 0.15) is 11.4 Å². The van der Waals surface area contributed by atoms with E-state index in [9.17, 15) is 0 Å². The van der Waals surface area contributed by atoms with Gasteiger partial charge in [-0.05, 0) is 31.2 Å². The average molecular weight is 316 g/mol. The lowest BCUT2D eigenvalue weighted by Gasteiger charge is -2.13. The summed E-state index contributed by atoms with van der Waals surface area (Å²) in [6.07, 6.45) is 0. The van der Waals surface area contributed by atoms with Gasteiger partial charge in [-0.15, -0.1) is 5.11 Å². The Morgan fingerprint density at radius 2 is 1.65 bits per heavy atom. The maximum absolute atomic E-state index is 5.89. The van der Waals surface area contributed by atoms with E-state index in [0.29, 0.717) is 46.6 Å². The van der Waals surface area contributed by atoms with Crippen LogP contribution in [0.3, 0.4) is 0 Å². The molecule has 0 amide bonds. The van der Waals surface area contributed by atoms with Gasteiger partial charge in [-0.3, -0.25) is 0 Å². The SMILES string of the molecule is CCOc1c(N=Nc2ccc(N)c(OC)c2)ccc(N)c1OC. The second-order valence-corrected chi connectivity index (χ2v) is 4.60. The highest BCUT2D eigenvalue weighted by Crippen LogP contribution is 2.42. The lowest BCUT2D eigenvalue weighted by atomic mass is 10.2. The smallest absolute Gasteiger partial charge is 0.190 e. The van der Waals surface area contributed by atoms with Crippen LogP contribution in [0.2, 0.25) is 0 Å². The molecule has 2 aromatic carbocycles. The number of hydrogen-bond donors (Lipinski definition) is 2. The molecule has 0 aliphatic heterocycles. The second-order valence-electron chi connectivity index (χ2n) is 4.60. The van der Waals surface area contributed by atoms with E-state index in [4.69, 9.17) is 25.7 Å². The lowest BCUT2D eigenvalue weighted by molar-refractivity contribution is 0.313. The normalized spacial score (nSPS) is 10.7. The number of rotatable bonds is 6. The van der Waals surface area contributed by atoms with Gasteiger partial charge in [0, 0.05) is 6.07 Å². The Labute approximate surface area is 134 Å². The summed E-state index contributed by atoms with van der Waals surface area (Å²) >= 11 is 0. The lowest BCUT2D eigenvalue weighted by Crippen LogP contribution is -1.99. The standard InChI is InChI=1S/C16H20N4O3/c1-4-23-16-13(8-7-12(18)15(16)22-3)20-19-10-5-6-11(17)14(9-10)21-2/h5-9H,4,17-18H2,1-3H3. The number of nitrogens with two attached hydrogens (primary N) is 2. The van der Waals surface area contributed by atoms with Gasteiger partial charge in [0.15, 0.2) is 11.5 Å². The third-order valence-corrected chi connectivity index (χ3v) is 3.10. The topological polar surface area (TPSA) is 104 Å². The summed E-state index contributed by atoms with van der Waals surface area (Å²) in [5.41, 5.74) is 13.8. The van der Waals surface area contributed by atoms with Crippen molar-refractivity contribution >= 4 is 22.7 Å². The minimum Gasteiger partial charge on any atom is -0.495 e. The first kappa shape index (κ1) is 16.4. The molecule has 0 aliphatic rings. The van der Waals surface area contributed by atoms with Crippen molar-refractivity contribution < 1.29 is 14.2 Å². The van der Waals surface area contributed by atoms with Crippen LogP contribution in [-0.4, -0.2) is 20.8 Å². The fourth-order valence-corrected chi connectivity index (χ4v) is 2.01. The van der Waals surface area contributed by atoms with Crippen molar-refractivity contribution in [2.75, 3.05) is 32.3 Å². The maximum atomic E-state index is 5.89. The number of ether oxygens (including phenoxy) is 3. The van der Waals surface area contributed by atoms with Gasteiger partial charge >= 0.3 is 0 Å². The van der Waals surface area contributed by atoms with E-state index in [1.165, 1.54) is 7.11 Å². The Hall–Kier alpha value is -2.96. The van der Waals surface area contributed by atoms with Gasteiger partial charge in [-0.1, -0.05) is 0 Å². The molecule has 4 N–H and O–H groups in total. The summed E-state index contributed by atoms with van der Waals surface area (Å²) in [6.45, 7) is 2.33. The first-order chi connectivity index (χ1) is 11.1. The zero-order chi connectivity index (χ0) is 16.8. The zero-order valence-electron chi connectivity index (χ0n) is 13.4. The van der Waals surface area contributed by atoms with Crippen LogP contribution in [0.5, 0.6) is 17.2 Å². The molecule has 0 heterocycles. The molecule has 7 nitrogen and oxygen atoms in total. The van der Waals surface area contributed by atoms with Crippen LogP contribution in [0, 0.1) is 0 Å². The van der Waals surface area contributed by atoms with Crippen molar-refractivity contribution in [1.29, 1.82) is 0 Å². The van der Waals surface area contributed by atoms with E-state index in [1.807, 2.05) is 6.92 Å². The summed E-state index contributed by atoms with van der Waals surface area (Å²) < 4.78 is 16.0. The molecule has 0 saturated heterocycles. The summed E-state index contributed by atoms with van der Waals surface area (Å²) in [5, 5.41) is 8.41. The third-order valence-electron chi connectivity index (χ3n) is 3.10. The quantitative estimate of drug-likeness (QED) is 0.624. The van der Waals surface area contributed by atoms with E-state index in [-0.39, 0.29) is 0 Å². The van der Waals surface area contributed by atoms with Crippen molar-refractivity contribution in [2.24, 2.45) is 10.2 Å². The highest BCUT2D eigenvalue weighted by atomic mass is 16.5. The Morgan fingerprint density at radius 1 is 0.913 bits per heavy atom. The molecule has 122 valence electrons. The fourth-order valence-electron chi connectivity index (χ4n) is 2.01. The van der Waals surface area contributed by atoms with E-state index in [2.05, 4.69) is 10.2 Å². The van der Waals surface area contributed by atoms with Gasteiger partial charge in [-0.25, -0.2) is 0 Å². The van der Waals surface area contributed by atoms with Crippen molar-refractivity contribution in [3.8, 4) is 17.2 Å². The van der Waals surface area contributed by atoms with E-state index in [1.54, 1.807) is 37.4 Å². The average Bonchev–Trinajstić information content (AvgIpc) is 2.56. The molecular weight excluding hydrogens is 296 g/mol. The predicted octanol–water partition coefficient (Wildman–Crippen LogP) is 3.68. The van der Waals surface area contributed by atoms with Crippen molar-refractivity contribution in [3.63, 3.8) is 0 Å². The zero-order valence-corrected chi connectivity index (χ0v) is 13.4. The molecule has 0 spiro atoms. The first-order valence-electron chi connectivity index (χ1n) is 7.05. The number of azo groups is 1. The third kappa shape index (κ3) is 3.63. The highest BCUT2D eigenvalue weighted by molar-refractivity contribution is 5.70. The molecule has 0 bridgehead atoms. The summed E-state index contributed by atoms with van der Waals surface area (Å²) in [7, 11) is 3.07. The summed E-state index contributed by atoms with van der Waals surface area (Å²) in [6, 6.07) is 8.57. The molecule has 0 aromatic heterocycles. The number of benzene rings is 2. The molecule has 0 saturated carbocycles. The highest BCUT2D eigenvalue weighted by Gasteiger charge is 2.14. The molecule has 0 aliphatic carbocycles. The van der Waals surface area contributed by atoms with E-state index in [0.717, 1.165) is 0 Å². The van der Waals surface area contributed by atoms with Crippen LogP contribution in [0.25, 0.3) is 0 Å². The number of nitrogens with zero attached hydrogens (tertiary/aromatic N) is 2. The van der Waals surface area contributed by atoms with Crippen LogP contribution in [0.1, 0.15) is 6.92 Å². The Bertz CT molecular complexity index is 717. The van der Waals surface area contributed by atoms with E-state index < -0.39 is 0 Å².